The predicted molar refractivity (Wildman–Crippen MR) is 212 cm³/mol. The van der Waals surface area contributed by atoms with Crippen LogP contribution in [0.4, 0.5) is 0 Å². The smallest absolute Gasteiger partial charge is 0.162 e. The number of aldehydes is 1. The van der Waals surface area contributed by atoms with Crippen LogP contribution in [-0.2, 0) is 16.1 Å². The van der Waals surface area contributed by atoms with E-state index in [-0.39, 0.29) is 5.78 Å². The maximum absolute atomic E-state index is 11.8. The summed E-state index contributed by atoms with van der Waals surface area (Å²) in [5.41, 5.74) is 7.97. The molecule has 1 unspecified atom stereocenters. The van der Waals surface area contributed by atoms with E-state index in [4.69, 9.17) is 11.2 Å². The number of allylic oxidation sites excluding steroid dienone is 6. The van der Waals surface area contributed by atoms with Crippen LogP contribution in [0.15, 0.2) is 65.3 Å². The molecule has 1 aromatic heterocycles. The summed E-state index contributed by atoms with van der Waals surface area (Å²) in [7, 11) is 0. The Hall–Kier alpha value is -3.81. The number of aromatic nitrogens is 1. The molecule has 0 saturated carbocycles. The maximum atomic E-state index is 11.8. The average molecular weight is 668 g/mol. The summed E-state index contributed by atoms with van der Waals surface area (Å²) < 4.78 is 5.47. The Kier molecular flexibility index (Phi) is 25.9. The standard InChI is InChI=1S/C15H21N.C14H18O2.C10H14O.C4H6.C2H6/c1-5-8-13(6-2)11-15-14(7-3)10-9-12(4)16-15;1-3-4-14(15)11-5-6-12-9-16-8-10(2)13(12)7-11;1-2-5-9-6-3-4-7-10(9)8-11;1-3-4-2;1-2/h7-11H,5-6H2,1-4H3;5-7,10H,3-4,8-9H2,1-2H3;6-8H,2-5H2,1H3;1H,4H2,2H3;1-2H3/b13-8+,14-7-,15-11+;;;;. The Balaban J connectivity index is 0.000000661. The predicted octanol–water partition coefficient (Wildman–Crippen LogP) is 10.7. The molecule has 0 saturated heterocycles. The highest BCUT2D eigenvalue weighted by Gasteiger charge is 2.18. The van der Waals surface area contributed by atoms with Crippen molar-refractivity contribution >= 4 is 24.2 Å². The van der Waals surface area contributed by atoms with E-state index in [0.29, 0.717) is 18.9 Å². The van der Waals surface area contributed by atoms with E-state index in [1.165, 1.54) is 27.5 Å². The van der Waals surface area contributed by atoms with Gasteiger partial charge in [0, 0.05) is 35.6 Å². The first-order valence-electron chi connectivity index (χ1n) is 18.6. The number of carbonyl (C=O) groups excluding carboxylic acids is 2. The first-order valence-corrected chi connectivity index (χ1v) is 18.6. The van der Waals surface area contributed by atoms with Crippen LogP contribution >= 0.6 is 0 Å². The summed E-state index contributed by atoms with van der Waals surface area (Å²) in [5.74, 6) is 3.09. The van der Waals surface area contributed by atoms with Crippen molar-refractivity contribution in [2.45, 2.75) is 140 Å². The van der Waals surface area contributed by atoms with Crippen molar-refractivity contribution in [1.29, 1.82) is 0 Å². The quantitative estimate of drug-likeness (QED) is 0.152. The van der Waals surface area contributed by atoms with E-state index in [1.54, 1.807) is 0 Å². The first kappa shape index (κ1) is 45.2. The fourth-order valence-electron chi connectivity index (χ4n) is 5.24. The molecule has 2 aliphatic rings. The number of rotatable bonds is 9. The van der Waals surface area contributed by atoms with Crippen molar-refractivity contribution in [3.8, 4) is 12.3 Å². The largest absolute Gasteiger partial charge is 0.376 e. The molecule has 4 nitrogen and oxygen atoms in total. The highest BCUT2D eigenvalue weighted by atomic mass is 16.5. The molecular formula is C45H65NO3. The van der Waals surface area contributed by atoms with E-state index in [2.05, 4.69) is 88.0 Å². The first-order chi connectivity index (χ1) is 23.7. The lowest BCUT2D eigenvalue weighted by molar-refractivity contribution is -0.104. The third-order valence-electron chi connectivity index (χ3n) is 7.85. The van der Waals surface area contributed by atoms with Gasteiger partial charge in [0.15, 0.2) is 5.78 Å². The van der Waals surface area contributed by atoms with Gasteiger partial charge in [-0.3, -0.25) is 14.6 Å². The van der Waals surface area contributed by atoms with E-state index >= 15 is 0 Å². The van der Waals surface area contributed by atoms with Crippen molar-refractivity contribution in [1.82, 2.24) is 4.98 Å². The zero-order valence-electron chi connectivity index (χ0n) is 32.5. The van der Waals surface area contributed by atoms with Gasteiger partial charge in [-0.25, -0.2) is 0 Å². The van der Waals surface area contributed by atoms with Crippen LogP contribution in [0.2, 0.25) is 0 Å². The van der Waals surface area contributed by atoms with Gasteiger partial charge in [-0.2, -0.15) is 0 Å². The zero-order chi connectivity index (χ0) is 37.0. The molecule has 0 spiro atoms. The van der Waals surface area contributed by atoms with Crippen LogP contribution in [0.1, 0.15) is 153 Å². The summed E-state index contributed by atoms with van der Waals surface area (Å²) >= 11 is 0. The number of ketones is 1. The molecule has 0 N–H and O–H groups in total. The lowest BCUT2D eigenvalue weighted by atomic mass is 9.91. The van der Waals surface area contributed by atoms with Gasteiger partial charge in [-0.15, -0.1) is 12.3 Å². The fourth-order valence-corrected chi connectivity index (χ4v) is 5.24. The number of aryl methyl sites for hydroxylation is 1. The van der Waals surface area contributed by atoms with Gasteiger partial charge in [0.2, 0.25) is 0 Å². The summed E-state index contributed by atoms with van der Waals surface area (Å²) in [5, 5.41) is 2.30. The van der Waals surface area contributed by atoms with Crippen LogP contribution in [0.3, 0.4) is 0 Å². The summed E-state index contributed by atoms with van der Waals surface area (Å²) in [6, 6.07) is 10.2. The van der Waals surface area contributed by atoms with Gasteiger partial charge in [-0.1, -0.05) is 110 Å². The minimum absolute atomic E-state index is 0.254. The molecule has 268 valence electrons. The Morgan fingerprint density at radius 2 is 1.73 bits per heavy atom. The third kappa shape index (κ3) is 17.4. The zero-order valence-corrected chi connectivity index (χ0v) is 32.5. The molecule has 1 aromatic carbocycles. The van der Waals surface area contributed by atoms with E-state index in [9.17, 15) is 9.59 Å². The van der Waals surface area contributed by atoms with E-state index in [0.717, 1.165) is 86.4 Å². The molecule has 1 aliphatic carbocycles. The minimum atomic E-state index is 0.254. The molecule has 0 fully saturated rings. The second-order valence-electron chi connectivity index (χ2n) is 11.8. The van der Waals surface area contributed by atoms with Crippen LogP contribution in [0, 0.1) is 19.3 Å². The molecule has 2 heterocycles. The van der Waals surface area contributed by atoms with E-state index in [1.807, 2.05) is 52.8 Å². The summed E-state index contributed by atoms with van der Waals surface area (Å²) in [6.07, 6.45) is 25.4. The molecule has 1 aliphatic heterocycles. The lowest BCUT2D eigenvalue weighted by Gasteiger charge is -2.23. The maximum Gasteiger partial charge on any atom is 0.162 e. The van der Waals surface area contributed by atoms with Crippen molar-refractivity contribution in [3.05, 3.63) is 98.2 Å². The molecular weight excluding hydrogens is 602 g/mol. The average Bonchev–Trinajstić information content (AvgIpc) is 3.13. The number of fused-ring (bicyclic) bond motifs is 1. The van der Waals surface area contributed by atoms with Crippen molar-refractivity contribution in [2.24, 2.45) is 0 Å². The number of carbonyl (C=O) groups is 2. The minimum Gasteiger partial charge on any atom is -0.376 e. The van der Waals surface area contributed by atoms with Crippen LogP contribution < -0.4 is 10.6 Å². The molecule has 1 atom stereocenters. The molecule has 4 rings (SSSR count). The molecule has 0 radical (unpaired) electrons. The molecule has 49 heavy (non-hydrogen) atoms. The fraction of sp³-hybridized carbons (Fsp3) is 0.489. The Morgan fingerprint density at radius 3 is 2.31 bits per heavy atom. The van der Waals surface area contributed by atoms with Crippen molar-refractivity contribution in [2.75, 3.05) is 6.61 Å². The number of nitrogens with zero attached hydrogens (tertiary/aromatic N) is 1. The van der Waals surface area contributed by atoms with Gasteiger partial charge in [0.05, 0.1) is 18.6 Å². The summed E-state index contributed by atoms with van der Waals surface area (Å²) in [4.78, 5) is 26.9. The van der Waals surface area contributed by atoms with E-state index < -0.39 is 0 Å². The number of hydrogen-bond donors (Lipinski definition) is 0. The Morgan fingerprint density at radius 1 is 1.04 bits per heavy atom. The van der Waals surface area contributed by atoms with Gasteiger partial charge < -0.3 is 4.74 Å². The van der Waals surface area contributed by atoms with Crippen LogP contribution in [0.5, 0.6) is 0 Å². The number of benzene rings is 1. The molecule has 4 heteroatoms. The van der Waals surface area contributed by atoms with Crippen LogP contribution in [-0.4, -0.2) is 23.7 Å². The highest BCUT2D eigenvalue weighted by Crippen LogP contribution is 2.27. The summed E-state index contributed by atoms with van der Waals surface area (Å²) in [6.45, 7) is 22.1. The second-order valence-corrected chi connectivity index (χ2v) is 11.8. The van der Waals surface area contributed by atoms with Gasteiger partial charge in [-0.05, 0) is 92.5 Å². The molecule has 0 bridgehead atoms. The number of ether oxygens (including phenoxy) is 1. The van der Waals surface area contributed by atoms with Crippen LogP contribution in [0.25, 0.3) is 12.2 Å². The monoisotopic (exact) mass is 667 g/mol. The van der Waals surface area contributed by atoms with Crippen molar-refractivity contribution in [3.63, 3.8) is 0 Å². The van der Waals surface area contributed by atoms with Gasteiger partial charge >= 0.3 is 0 Å². The number of hydrogen-bond acceptors (Lipinski definition) is 4. The third-order valence-corrected chi connectivity index (χ3v) is 7.85. The topological polar surface area (TPSA) is 56.3 Å². The number of terminal acetylenes is 1. The Labute approximate surface area is 299 Å². The molecule has 0 amide bonds. The normalized spacial score (nSPS) is 15.4. The second kappa shape index (κ2) is 28.1. The lowest BCUT2D eigenvalue weighted by Crippen LogP contribution is -2.28. The SMILES string of the molecule is C#CCC.C/C=c1/ccc(C)n/c1=C/C(=C/CC)CC.CC.CCCC(=O)c1ccc2c(c1)C(C)COC2.CCCC1=CCCC=C1C=O. The highest BCUT2D eigenvalue weighted by molar-refractivity contribution is 5.96. The molecule has 2 aromatic rings. The Bertz CT molecular complexity index is 1520. The number of pyridine rings is 1. The van der Waals surface area contributed by atoms with Gasteiger partial charge in [0.1, 0.15) is 6.29 Å². The van der Waals surface area contributed by atoms with Gasteiger partial charge in [0.25, 0.3) is 0 Å². The van der Waals surface area contributed by atoms with Crippen molar-refractivity contribution < 1.29 is 14.3 Å². The number of Topliss-reactive ketones (excluding diaryl/α,β-unsaturated/α-hetero) is 1.